The van der Waals surface area contributed by atoms with Gasteiger partial charge < -0.3 is 0 Å². The van der Waals surface area contributed by atoms with Crippen LogP contribution in [-0.4, -0.2) is 6.61 Å². The quantitative estimate of drug-likeness (QED) is 0.473. The van der Waals surface area contributed by atoms with Crippen LogP contribution in [0.5, 0.6) is 0 Å². The molecule has 16 heavy (non-hydrogen) atoms. The predicted molar refractivity (Wildman–Crippen MR) is 55.0 cm³/mol. The number of hydrogen-bond donors (Lipinski definition) is 0. The Balaban J connectivity index is 2.10. The summed E-state index contributed by atoms with van der Waals surface area (Å²) in [6, 6.07) is 0. The molecule has 0 aromatic heterocycles. The Labute approximate surface area is 95.7 Å². The molecule has 5 nitrogen and oxygen atoms in total. The van der Waals surface area contributed by atoms with Gasteiger partial charge in [-0.25, -0.2) is 4.89 Å². The molecule has 0 N–H and O–H groups in total. The molecule has 0 saturated carbocycles. The molecule has 0 atom stereocenters. The van der Waals surface area contributed by atoms with E-state index >= 15 is 0 Å². The Bertz CT molecular complexity index is 188. The van der Waals surface area contributed by atoms with Gasteiger partial charge in [-0.15, -0.1) is 0 Å². The van der Waals surface area contributed by atoms with Crippen molar-refractivity contribution < 1.29 is 24.9 Å². The summed E-state index contributed by atoms with van der Waals surface area (Å²) in [5, 5.41) is 12.4. The van der Waals surface area contributed by atoms with Gasteiger partial charge in [0, 0.05) is 16.5 Å². The Morgan fingerprint density at radius 2 is 1.44 bits per heavy atom. The van der Waals surface area contributed by atoms with Crippen molar-refractivity contribution in [2.45, 2.75) is 51.4 Å². The van der Waals surface area contributed by atoms with E-state index in [1.807, 2.05) is 0 Å². The van der Waals surface area contributed by atoms with Crippen molar-refractivity contribution in [2.75, 3.05) is 6.61 Å². The van der Waals surface area contributed by atoms with Crippen molar-refractivity contribution in [1.29, 1.82) is 0 Å². The monoisotopic (exact) mass is 230 g/mol. The van der Waals surface area contributed by atoms with Crippen LogP contribution in [0.1, 0.15) is 51.4 Å². The Morgan fingerprint density at radius 3 is 2.31 bits per heavy atom. The van der Waals surface area contributed by atoms with Gasteiger partial charge in [-0.3, -0.25) is 4.89 Å². The van der Waals surface area contributed by atoms with Crippen LogP contribution < -0.4 is 0 Å². The van der Waals surface area contributed by atoms with E-state index in [1.54, 1.807) is 0 Å². The molecule has 0 aliphatic carbocycles. The normalized spacial score (nSPS) is 21.5. The van der Waals surface area contributed by atoms with Gasteiger partial charge in [0.15, 0.2) is 6.11 Å². The minimum absolute atomic E-state index is 0.481. The molecular formula is C11H18O5. The highest BCUT2D eigenvalue weighted by molar-refractivity contribution is 4.89. The first-order valence-electron chi connectivity index (χ1n) is 5.76. The van der Waals surface area contributed by atoms with Gasteiger partial charge in [0.1, 0.15) is 0 Å². The smallest absolute Gasteiger partial charge is 0.160 e. The van der Waals surface area contributed by atoms with Crippen LogP contribution in [0.25, 0.3) is 0 Å². The van der Waals surface area contributed by atoms with Gasteiger partial charge in [0.2, 0.25) is 0 Å². The largest absolute Gasteiger partial charge is 0.250 e. The first kappa shape index (κ1) is 13.3. The summed E-state index contributed by atoms with van der Waals surface area (Å²) in [4.78, 5) is 9.01. The summed E-state index contributed by atoms with van der Waals surface area (Å²) in [7, 11) is 0. The minimum atomic E-state index is 0.481. The van der Waals surface area contributed by atoms with Crippen molar-refractivity contribution in [2.24, 2.45) is 0 Å². The van der Waals surface area contributed by atoms with Crippen molar-refractivity contribution in [3.63, 3.8) is 0 Å². The maximum Gasteiger partial charge on any atom is 0.160 e. The van der Waals surface area contributed by atoms with Gasteiger partial charge in [0.25, 0.3) is 0 Å². The van der Waals surface area contributed by atoms with Crippen LogP contribution in [0.2, 0.25) is 0 Å². The zero-order valence-corrected chi connectivity index (χ0v) is 9.41. The van der Waals surface area contributed by atoms with Crippen LogP contribution in [-0.2, 0) is 24.9 Å². The predicted octanol–water partition coefficient (Wildman–Crippen LogP) is 2.82. The average molecular weight is 230 g/mol. The third kappa shape index (κ3) is 8.50. The van der Waals surface area contributed by atoms with E-state index in [-0.39, 0.29) is 0 Å². The molecule has 0 unspecified atom stereocenters. The molecule has 1 aliphatic rings. The van der Waals surface area contributed by atoms with Gasteiger partial charge >= 0.3 is 0 Å². The van der Waals surface area contributed by atoms with Crippen LogP contribution in [0.3, 0.4) is 0 Å². The van der Waals surface area contributed by atoms with Gasteiger partial charge in [0.05, 0.1) is 6.61 Å². The van der Waals surface area contributed by atoms with E-state index in [0.717, 1.165) is 25.7 Å². The summed E-state index contributed by atoms with van der Waals surface area (Å²) in [5.41, 5.74) is 0. The molecule has 0 fully saturated rings. The molecule has 1 aliphatic heterocycles. The molecule has 1 rings (SSSR count). The van der Waals surface area contributed by atoms with Crippen molar-refractivity contribution >= 4 is 0 Å². The van der Waals surface area contributed by atoms with E-state index in [4.69, 9.17) is 0 Å². The summed E-state index contributed by atoms with van der Waals surface area (Å²) >= 11 is 0. The lowest BCUT2D eigenvalue weighted by Crippen LogP contribution is -1.99. The number of rotatable bonds is 0. The minimum Gasteiger partial charge on any atom is -0.250 e. The van der Waals surface area contributed by atoms with E-state index in [0.29, 0.717) is 6.61 Å². The third-order valence-corrected chi connectivity index (χ3v) is 2.28. The summed E-state index contributed by atoms with van der Waals surface area (Å²) in [6.07, 6.45) is 11.3. The SMILES string of the molecule is C1#COOOOOCCCCCCCCC1. The van der Waals surface area contributed by atoms with E-state index < -0.39 is 0 Å². The van der Waals surface area contributed by atoms with E-state index in [9.17, 15) is 0 Å². The molecule has 0 aromatic carbocycles. The van der Waals surface area contributed by atoms with Crippen molar-refractivity contribution in [1.82, 2.24) is 0 Å². The first-order valence-corrected chi connectivity index (χ1v) is 5.76. The van der Waals surface area contributed by atoms with Crippen molar-refractivity contribution in [3.8, 4) is 12.0 Å². The van der Waals surface area contributed by atoms with Crippen LogP contribution in [0.15, 0.2) is 0 Å². The van der Waals surface area contributed by atoms with Crippen LogP contribution in [0.4, 0.5) is 0 Å². The second kappa shape index (κ2) is 10.7. The highest BCUT2D eigenvalue weighted by Crippen LogP contribution is 2.08. The lowest BCUT2D eigenvalue weighted by molar-refractivity contribution is -0.698. The Kier molecular flexibility index (Phi) is 8.88. The average Bonchev–Trinajstić information content (AvgIpc) is 2.29. The molecule has 92 valence electrons. The molecule has 0 bridgehead atoms. The lowest BCUT2D eigenvalue weighted by Gasteiger charge is -2.02. The topological polar surface area (TPSA) is 46.2 Å². The zero-order valence-electron chi connectivity index (χ0n) is 9.41. The fraction of sp³-hybridized carbons (Fsp3) is 0.818. The summed E-state index contributed by atoms with van der Waals surface area (Å²) in [6.45, 7) is 0.481. The second-order valence-electron chi connectivity index (χ2n) is 3.61. The first-order chi connectivity index (χ1) is 8.00. The molecule has 0 amide bonds. The molecule has 5 heteroatoms. The van der Waals surface area contributed by atoms with Gasteiger partial charge in [-0.1, -0.05) is 38.0 Å². The van der Waals surface area contributed by atoms with Crippen LogP contribution >= 0.6 is 0 Å². The Morgan fingerprint density at radius 1 is 0.688 bits per heavy atom. The summed E-state index contributed by atoms with van der Waals surface area (Å²) in [5.74, 6) is 2.79. The highest BCUT2D eigenvalue weighted by atomic mass is 17.8. The maximum absolute atomic E-state index is 4.66. The van der Waals surface area contributed by atoms with E-state index in [2.05, 4.69) is 36.9 Å². The van der Waals surface area contributed by atoms with Crippen LogP contribution in [0, 0.1) is 12.0 Å². The zero-order chi connectivity index (χ0) is 11.3. The second-order valence-corrected chi connectivity index (χ2v) is 3.61. The number of hydrogen-bond acceptors (Lipinski definition) is 5. The fourth-order valence-electron chi connectivity index (χ4n) is 1.43. The fourth-order valence-corrected chi connectivity index (χ4v) is 1.43. The molecule has 1 heterocycles. The Hall–Kier alpha value is -0.800. The molecule has 0 saturated heterocycles. The molecule has 0 aromatic rings. The van der Waals surface area contributed by atoms with Gasteiger partial charge in [-0.05, 0) is 17.9 Å². The molecule has 0 radical (unpaired) electrons. The standard InChI is InChI=1S/C11H18O5/c1-2-4-6-8-10-12-14-16-15-13-11-9-7-5-3-1/h1-8,10H2. The van der Waals surface area contributed by atoms with E-state index in [1.165, 1.54) is 25.7 Å². The maximum atomic E-state index is 4.66. The molecule has 0 spiro atoms. The van der Waals surface area contributed by atoms with Gasteiger partial charge in [-0.2, -0.15) is 0 Å². The summed E-state index contributed by atoms with van der Waals surface area (Å²) < 4.78 is 0. The third-order valence-electron chi connectivity index (χ3n) is 2.28. The molecular weight excluding hydrogens is 212 g/mol. The lowest BCUT2D eigenvalue weighted by atomic mass is 10.1. The van der Waals surface area contributed by atoms with Crippen molar-refractivity contribution in [3.05, 3.63) is 0 Å². The highest BCUT2D eigenvalue weighted by Gasteiger charge is 1.95.